The Kier molecular flexibility index (Phi) is 3.14. The maximum absolute atomic E-state index is 12.4. The van der Waals surface area contributed by atoms with Crippen molar-refractivity contribution in [3.05, 3.63) is 22.4 Å². The Balaban J connectivity index is 2.10. The zero-order valence-corrected chi connectivity index (χ0v) is 12.8. The number of fused-ring (bicyclic) bond motifs is 1. The molecule has 1 aromatic heterocycles. The number of ether oxygens (including phenoxy) is 1. The molecule has 2 saturated heterocycles. The maximum Gasteiger partial charge on any atom is 0.326 e. The van der Waals surface area contributed by atoms with Crippen LogP contribution in [0.2, 0.25) is 0 Å². The number of rotatable bonds is 2. The molecular formula is C14H16N2O4S. The van der Waals surface area contributed by atoms with Crippen molar-refractivity contribution in [1.29, 1.82) is 0 Å². The van der Waals surface area contributed by atoms with Gasteiger partial charge in [-0.1, -0.05) is 6.07 Å². The molecule has 21 heavy (non-hydrogen) atoms. The lowest BCUT2D eigenvalue weighted by Gasteiger charge is -2.27. The number of amides is 2. The highest BCUT2D eigenvalue weighted by Gasteiger charge is 2.66. The molecule has 1 aromatic rings. The standard InChI is InChI=1S/C14H16N2O4S/c1-14(13(19)20-3)9-8(11(17)16(2)12(9)18)10(15-14)7-5-4-6-21-7/h4-6,8-10,15H,1-3H3/t8-,9-,10+,14+/m0/s1. The van der Waals surface area contributed by atoms with Crippen LogP contribution < -0.4 is 5.32 Å². The van der Waals surface area contributed by atoms with Crippen LogP contribution in [0.4, 0.5) is 0 Å². The van der Waals surface area contributed by atoms with Gasteiger partial charge in [-0.3, -0.25) is 24.6 Å². The summed E-state index contributed by atoms with van der Waals surface area (Å²) in [5.41, 5.74) is -1.19. The third-order valence-electron chi connectivity index (χ3n) is 4.47. The number of nitrogens with one attached hydrogen (secondary N) is 1. The Hall–Kier alpha value is -1.73. The van der Waals surface area contributed by atoms with E-state index in [1.54, 1.807) is 6.92 Å². The van der Waals surface area contributed by atoms with Crippen LogP contribution in [0.5, 0.6) is 0 Å². The normalized spacial score (nSPS) is 35.2. The summed E-state index contributed by atoms with van der Waals surface area (Å²) < 4.78 is 4.85. The number of methoxy groups -OCH3 is 1. The van der Waals surface area contributed by atoms with Gasteiger partial charge in [-0.05, 0) is 18.4 Å². The molecule has 0 spiro atoms. The molecule has 0 saturated carbocycles. The quantitative estimate of drug-likeness (QED) is 0.638. The van der Waals surface area contributed by atoms with E-state index in [1.807, 2.05) is 17.5 Å². The van der Waals surface area contributed by atoms with E-state index >= 15 is 0 Å². The monoisotopic (exact) mass is 308 g/mol. The zero-order valence-electron chi connectivity index (χ0n) is 12.0. The second kappa shape index (κ2) is 4.64. The molecular weight excluding hydrogens is 292 g/mol. The minimum atomic E-state index is -1.19. The molecule has 2 amide bonds. The predicted molar refractivity (Wildman–Crippen MR) is 75.4 cm³/mol. The first-order chi connectivity index (χ1) is 9.91. The molecule has 7 heteroatoms. The molecule has 112 valence electrons. The van der Waals surface area contributed by atoms with Gasteiger partial charge in [0.15, 0.2) is 0 Å². The second-order valence-corrected chi connectivity index (χ2v) is 6.55. The molecule has 0 bridgehead atoms. The van der Waals surface area contributed by atoms with Crippen LogP contribution in [0.1, 0.15) is 17.8 Å². The molecule has 0 unspecified atom stereocenters. The van der Waals surface area contributed by atoms with Crippen molar-refractivity contribution < 1.29 is 19.1 Å². The summed E-state index contributed by atoms with van der Waals surface area (Å²) in [5, 5.41) is 5.08. The number of esters is 1. The van der Waals surface area contributed by atoms with E-state index in [1.165, 1.54) is 25.5 Å². The Labute approximate surface area is 126 Å². The Morgan fingerprint density at radius 3 is 2.71 bits per heavy atom. The molecule has 0 radical (unpaired) electrons. The van der Waals surface area contributed by atoms with Gasteiger partial charge in [-0.2, -0.15) is 0 Å². The van der Waals surface area contributed by atoms with Gasteiger partial charge >= 0.3 is 5.97 Å². The van der Waals surface area contributed by atoms with E-state index in [0.717, 1.165) is 9.78 Å². The van der Waals surface area contributed by atoms with Crippen LogP contribution in [-0.2, 0) is 19.1 Å². The highest BCUT2D eigenvalue weighted by Crippen LogP contribution is 2.49. The van der Waals surface area contributed by atoms with Crippen LogP contribution in [-0.4, -0.2) is 42.4 Å². The SMILES string of the molecule is COC(=O)[C@]1(C)N[C@H](c2cccs2)[C@H]2C(=O)N(C)C(=O)[C@H]21. The Morgan fingerprint density at radius 2 is 2.14 bits per heavy atom. The molecule has 0 aliphatic carbocycles. The lowest BCUT2D eigenvalue weighted by Crippen LogP contribution is -2.53. The second-order valence-electron chi connectivity index (χ2n) is 5.57. The molecule has 2 fully saturated rings. The van der Waals surface area contributed by atoms with Crippen LogP contribution in [0.25, 0.3) is 0 Å². The highest BCUT2D eigenvalue weighted by molar-refractivity contribution is 7.10. The van der Waals surface area contributed by atoms with E-state index in [9.17, 15) is 14.4 Å². The van der Waals surface area contributed by atoms with Crippen molar-refractivity contribution in [2.24, 2.45) is 11.8 Å². The number of thiophene rings is 1. The van der Waals surface area contributed by atoms with Crippen molar-refractivity contribution in [1.82, 2.24) is 10.2 Å². The fourth-order valence-corrected chi connectivity index (χ4v) is 4.22. The molecule has 2 aliphatic rings. The minimum Gasteiger partial charge on any atom is -0.468 e. The molecule has 3 rings (SSSR count). The van der Waals surface area contributed by atoms with E-state index < -0.39 is 23.3 Å². The maximum atomic E-state index is 12.4. The number of carbonyl (C=O) groups excluding carboxylic acids is 3. The number of nitrogens with zero attached hydrogens (tertiary/aromatic N) is 1. The molecule has 6 nitrogen and oxygen atoms in total. The first-order valence-corrected chi connectivity index (χ1v) is 7.50. The van der Waals surface area contributed by atoms with E-state index in [-0.39, 0.29) is 17.9 Å². The average Bonchev–Trinajstić information content (AvgIpc) is 3.14. The third-order valence-corrected chi connectivity index (χ3v) is 5.42. The van der Waals surface area contributed by atoms with Crippen molar-refractivity contribution >= 4 is 29.1 Å². The van der Waals surface area contributed by atoms with Crippen molar-refractivity contribution in [3.8, 4) is 0 Å². The fourth-order valence-electron chi connectivity index (χ4n) is 3.39. The molecule has 3 heterocycles. The summed E-state index contributed by atoms with van der Waals surface area (Å²) in [6, 6.07) is 3.44. The first kappa shape index (κ1) is 14.2. The third kappa shape index (κ3) is 1.77. The number of hydrogen-bond acceptors (Lipinski definition) is 6. The summed E-state index contributed by atoms with van der Waals surface area (Å²) in [6.07, 6.45) is 0. The largest absolute Gasteiger partial charge is 0.468 e. The molecule has 1 N–H and O–H groups in total. The summed E-state index contributed by atoms with van der Waals surface area (Å²) in [7, 11) is 2.75. The van der Waals surface area contributed by atoms with Gasteiger partial charge in [0.1, 0.15) is 5.54 Å². The number of likely N-dealkylation sites (tertiary alicyclic amines) is 1. The van der Waals surface area contributed by atoms with Gasteiger partial charge in [0, 0.05) is 11.9 Å². The lowest BCUT2D eigenvalue weighted by molar-refractivity contribution is -0.152. The Bertz CT molecular complexity index is 615. The molecule has 0 aromatic carbocycles. The summed E-state index contributed by atoms with van der Waals surface area (Å²) in [4.78, 5) is 39.1. The van der Waals surface area contributed by atoms with Crippen LogP contribution in [0, 0.1) is 11.8 Å². The average molecular weight is 308 g/mol. The molecule has 4 atom stereocenters. The predicted octanol–water partition coefficient (Wildman–Crippen LogP) is 0.555. The van der Waals surface area contributed by atoms with Gasteiger partial charge in [0.05, 0.1) is 25.0 Å². The summed E-state index contributed by atoms with van der Waals surface area (Å²) in [5.74, 6) is -2.39. The number of imide groups is 1. The summed E-state index contributed by atoms with van der Waals surface area (Å²) >= 11 is 1.50. The zero-order chi connectivity index (χ0) is 15.4. The highest BCUT2D eigenvalue weighted by atomic mass is 32.1. The lowest BCUT2D eigenvalue weighted by atomic mass is 9.81. The van der Waals surface area contributed by atoms with E-state index in [4.69, 9.17) is 4.74 Å². The first-order valence-electron chi connectivity index (χ1n) is 6.62. The summed E-state index contributed by atoms with van der Waals surface area (Å²) in [6.45, 7) is 1.63. The Morgan fingerprint density at radius 1 is 1.43 bits per heavy atom. The van der Waals surface area contributed by atoms with Gasteiger partial charge in [0.2, 0.25) is 11.8 Å². The van der Waals surface area contributed by atoms with Crippen molar-refractivity contribution in [2.75, 3.05) is 14.2 Å². The van der Waals surface area contributed by atoms with Crippen LogP contribution >= 0.6 is 11.3 Å². The van der Waals surface area contributed by atoms with Gasteiger partial charge in [-0.15, -0.1) is 11.3 Å². The minimum absolute atomic E-state index is 0.247. The van der Waals surface area contributed by atoms with Gasteiger partial charge in [0.25, 0.3) is 0 Å². The smallest absolute Gasteiger partial charge is 0.326 e. The van der Waals surface area contributed by atoms with Crippen molar-refractivity contribution in [3.63, 3.8) is 0 Å². The molecule has 2 aliphatic heterocycles. The van der Waals surface area contributed by atoms with Crippen LogP contribution in [0.3, 0.4) is 0 Å². The van der Waals surface area contributed by atoms with Gasteiger partial charge < -0.3 is 4.74 Å². The van der Waals surface area contributed by atoms with Crippen LogP contribution in [0.15, 0.2) is 17.5 Å². The van der Waals surface area contributed by atoms with E-state index in [2.05, 4.69) is 5.32 Å². The topological polar surface area (TPSA) is 75.7 Å². The number of hydrogen-bond donors (Lipinski definition) is 1. The van der Waals surface area contributed by atoms with Gasteiger partial charge in [-0.25, -0.2) is 0 Å². The van der Waals surface area contributed by atoms with E-state index in [0.29, 0.717) is 0 Å². The number of carbonyl (C=O) groups is 3. The fraction of sp³-hybridized carbons (Fsp3) is 0.500. The van der Waals surface area contributed by atoms with Crippen molar-refractivity contribution in [2.45, 2.75) is 18.5 Å².